The molecule has 21 heavy (non-hydrogen) atoms. The third-order valence-electron chi connectivity index (χ3n) is 2.88. The Morgan fingerprint density at radius 3 is 2.57 bits per heavy atom. The quantitative estimate of drug-likeness (QED) is 0.793. The van der Waals surface area contributed by atoms with Gasteiger partial charge in [-0.2, -0.15) is 0 Å². The highest BCUT2D eigenvalue weighted by Crippen LogP contribution is 2.25. The molecule has 5 nitrogen and oxygen atoms in total. The molecular formula is C16H18N2O3. The molecule has 1 aromatic carbocycles. The lowest BCUT2D eigenvalue weighted by molar-refractivity contribution is 0.0951. The summed E-state index contributed by atoms with van der Waals surface area (Å²) in [5.41, 5.74) is 0.607. The van der Waals surface area contributed by atoms with Gasteiger partial charge in [-0.3, -0.25) is 9.78 Å². The van der Waals surface area contributed by atoms with Gasteiger partial charge in [0.25, 0.3) is 5.91 Å². The first-order valence-electron chi connectivity index (χ1n) is 6.75. The number of nitrogens with one attached hydrogen (secondary N) is 1. The molecule has 0 aliphatic rings. The van der Waals surface area contributed by atoms with Gasteiger partial charge in [0.15, 0.2) is 11.5 Å². The van der Waals surface area contributed by atoms with Crippen molar-refractivity contribution in [1.82, 2.24) is 10.3 Å². The summed E-state index contributed by atoms with van der Waals surface area (Å²) < 4.78 is 10.8. The van der Waals surface area contributed by atoms with E-state index in [9.17, 15) is 4.79 Å². The van der Waals surface area contributed by atoms with Crippen molar-refractivity contribution in [1.29, 1.82) is 0 Å². The van der Waals surface area contributed by atoms with Crippen LogP contribution in [0.1, 0.15) is 16.8 Å². The highest BCUT2D eigenvalue weighted by atomic mass is 16.5. The van der Waals surface area contributed by atoms with Gasteiger partial charge in [0.2, 0.25) is 0 Å². The largest absolute Gasteiger partial charge is 0.493 e. The summed E-state index contributed by atoms with van der Waals surface area (Å²) >= 11 is 0. The van der Waals surface area contributed by atoms with Gasteiger partial charge in [-0.15, -0.1) is 0 Å². The summed E-state index contributed by atoms with van der Waals surface area (Å²) in [6, 6.07) is 10.8. The molecule has 0 spiro atoms. The first-order valence-corrected chi connectivity index (χ1v) is 6.75. The van der Waals surface area contributed by atoms with E-state index in [1.165, 1.54) is 0 Å². The van der Waals surface area contributed by atoms with Crippen LogP contribution < -0.4 is 14.8 Å². The second-order valence-electron chi connectivity index (χ2n) is 4.34. The molecule has 1 N–H and O–H groups in total. The molecule has 5 heteroatoms. The summed E-state index contributed by atoms with van der Waals surface area (Å²) in [6.45, 7) is 1.06. The predicted octanol–water partition coefficient (Wildman–Crippen LogP) is 2.29. The van der Waals surface area contributed by atoms with Crippen LogP contribution in [0.4, 0.5) is 0 Å². The number of methoxy groups -OCH3 is 1. The molecule has 2 rings (SSSR count). The number of nitrogens with zero attached hydrogens (tertiary/aromatic N) is 1. The molecule has 0 aliphatic heterocycles. The second-order valence-corrected chi connectivity index (χ2v) is 4.34. The highest BCUT2D eigenvalue weighted by molar-refractivity contribution is 5.93. The standard InChI is InChI=1S/C16H18N2O3/c1-20-14-5-2-3-6-15(14)21-12-4-9-18-16(19)13-7-10-17-11-8-13/h2-3,5-8,10-11H,4,9,12H2,1H3,(H,18,19). The molecule has 0 saturated carbocycles. The first kappa shape index (κ1) is 14.8. The second kappa shape index (κ2) is 7.89. The first-order chi connectivity index (χ1) is 10.3. The Kier molecular flexibility index (Phi) is 5.58. The number of carbonyl (C=O) groups is 1. The molecule has 0 fully saturated rings. The topological polar surface area (TPSA) is 60.5 Å². The fraction of sp³-hybridized carbons (Fsp3) is 0.250. The van der Waals surface area contributed by atoms with E-state index in [0.717, 1.165) is 6.42 Å². The van der Waals surface area contributed by atoms with Crippen molar-refractivity contribution in [3.63, 3.8) is 0 Å². The average molecular weight is 286 g/mol. The molecule has 2 aromatic rings. The lowest BCUT2D eigenvalue weighted by atomic mass is 10.2. The van der Waals surface area contributed by atoms with Crippen molar-refractivity contribution in [2.24, 2.45) is 0 Å². The number of aromatic nitrogens is 1. The fourth-order valence-corrected chi connectivity index (χ4v) is 1.80. The van der Waals surface area contributed by atoms with Crippen LogP contribution in [0.3, 0.4) is 0 Å². The van der Waals surface area contributed by atoms with Gasteiger partial charge in [-0.05, 0) is 30.7 Å². The van der Waals surface area contributed by atoms with Crippen LogP contribution in [-0.4, -0.2) is 31.2 Å². The Hall–Kier alpha value is -2.56. The highest BCUT2D eigenvalue weighted by Gasteiger charge is 2.04. The van der Waals surface area contributed by atoms with Gasteiger partial charge in [0.1, 0.15) is 0 Å². The minimum Gasteiger partial charge on any atom is -0.493 e. The molecule has 1 aromatic heterocycles. The number of para-hydroxylation sites is 2. The van der Waals surface area contributed by atoms with E-state index < -0.39 is 0 Å². The molecule has 0 bridgehead atoms. The maximum absolute atomic E-state index is 11.8. The minimum atomic E-state index is -0.102. The van der Waals surface area contributed by atoms with E-state index in [4.69, 9.17) is 9.47 Å². The average Bonchev–Trinajstić information content (AvgIpc) is 2.55. The van der Waals surface area contributed by atoms with Crippen molar-refractivity contribution in [3.05, 3.63) is 54.4 Å². The van der Waals surface area contributed by atoms with E-state index in [1.54, 1.807) is 31.6 Å². The third kappa shape index (κ3) is 4.49. The van der Waals surface area contributed by atoms with Gasteiger partial charge in [-0.25, -0.2) is 0 Å². The number of carbonyl (C=O) groups excluding carboxylic acids is 1. The molecule has 0 unspecified atom stereocenters. The van der Waals surface area contributed by atoms with E-state index in [-0.39, 0.29) is 5.91 Å². The molecule has 1 amide bonds. The van der Waals surface area contributed by atoms with Gasteiger partial charge in [0.05, 0.1) is 13.7 Å². The van der Waals surface area contributed by atoms with Crippen molar-refractivity contribution < 1.29 is 14.3 Å². The molecule has 110 valence electrons. The number of hydrogen-bond donors (Lipinski definition) is 1. The molecule has 0 saturated heterocycles. The maximum atomic E-state index is 11.8. The zero-order chi connectivity index (χ0) is 14.9. The minimum absolute atomic E-state index is 0.102. The van der Waals surface area contributed by atoms with Crippen molar-refractivity contribution in [2.75, 3.05) is 20.3 Å². The molecular weight excluding hydrogens is 268 g/mol. The van der Waals surface area contributed by atoms with Crippen LogP contribution in [0.2, 0.25) is 0 Å². The summed E-state index contributed by atoms with van der Waals surface area (Å²) in [4.78, 5) is 15.7. The molecule has 1 heterocycles. The van der Waals surface area contributed by atoms with Crippen LogP contribution in [0.15, 0.2) is 48.8 Å². The fourth-order valence-electron chi connectivity index (χ4n) is 1.80. The van der Waals surface area contributed by atoms with Crippen LogP contribution in [0, 0.1) is 0 Å². The normalized spacial score (nSPS) is 9.95. The lowest BCUT2D eigenvalue weighted by Crippen LogP contribution is -2.25. The van der Waals surface area contributed by atoms with Crippen LogP contribution in [-0.2, 0) is 0 Å². The monoisotopic (exact) mass is 286 g/mol. The number of benzene rings is 1. The van der Waals surface area contributed by atoms with E-state index >= 15 is 0 Å². The van der Waals surface area contributed by atoms with Crippen molar-refractivity contribution >= 4 is 5.91 Å². The predicted molar refractivity (Wildman–Crippen MR) is 79.7 cm³/mol. The van der Waals surface area contributed by atoms with E-state index in [0.29, 0.717) is 30.2 Å². The van der Waals surface area contributed by atoms with Crippen LogP contribution >= 0.6 is 0 Å². The smallest absolute Gasteiger partial charge is 0.251 e. The Bertz CT molecular complexity index is 573. The summed E-state index contributed by atoms with van der Waals surface area (Å²) in [6.07, 6.45) is 3.91. The SMILES string of the molecule is COc1ccccc1OCCCNC(=O)c1ccncc1. The Morgan fingerprint density at radius 2 is 1.86 bits per heavy atom. The third-order valence-corrected chi connectivity index (χ3v) is 2.88. The molecule has 0 aliphatic carbocycles. The Balaban J connectivity index is 1.70. The van der Waals surface area contributed by atoms with E-state index in [1.807, 2.05) is 24.3 Å². The zero-order valence-corrected chi connectivity index (χ0v) is 11.9. The number of amides is 1. The lowest BCUT2D eigenvalue weighted by Gasteiger charge is -2.10. The number of pyridine rings is 1. The maximum Gasteiger partial charge on any atom is 0.251 e. The van der Waals surface area contributed by atoms with E-state index in [2.05, 4.69) is 10.3 Å². The Morgan fingerprint density at radius 1 is 1.14 bits per heavy atom. The molecule has 0 atom stereocenters. The number of rotatable bonds is 7. The van der Waals surface area contributed by atoms with Gasteiger partial charge in [0, 0.05) is 24.5 Å². The molecule has 0 radical (unpaired) electrons. The van der Waals surface area contributed by atoms with Crippen LogP contribution in [0.25, 0.3) is 0 Å². The summed E-state index contributed by atoms with van der Waals surface area (Å²) in [5, 5.41) is 2.84. The zero-order valence-electron chi connectivity index (χ0n) is 11.9. The summed E-state index contributed by atoms with van der Waals surface area (Å²) in [7, 11) is 1.61. The Labute approximate surface area is 123 Å². The van der Waals surface area contributed by atoms with Gasteiger partial charge < -0.3 is 14.8 Å². The summed E-state index contributed by atoms with van der Waals surface area (Å²) in [5.74, 6) is 1.31. The number of hydrogen-bond acceptors (Lipinski definition) is 4. The van der Waals surface area contributed by atoms with Crippen molar-refractivity contribution in [2.45, 2.75) is 6.42 Å². The van der Waals surface area contributed by atoms with Crippen LogP contribution in [0.5, 0.6) is 11.5 Å². The van der Waals surface area contributed by atoms with Crippen molar-refractivity contribution in [3.8, 4) is 11.5 Å². The number of ether oxygens (including phenoxy) is 2. The van der Waals surface area contributed by atoms with Gasteiger partial charge >= 0.3 is 0 Å². The van der Waals surface area contributed by atoms with Gasteiger partial charge in [-0.1, -0.05) is 12.1 Å².